The van der Waals surface area contributed by atoms with Gasteiger partial charge in [0.1, 0.15) is 0 Å². The number of benzene rings is 1. The molecule has 0 aliphatic heterocycles. The predicted molar refractivity (Wildman–Crippen MR) is 54.2 cm³/mol. The number of carbonyl (C=O) groups is 1. The first kappa shape index (κ1) is 10.0. The third kappa shape index (κ3) is 2.22. The highest BCUT2D eigenvalue weighted by molar-refractivity contribution is 9.10. The van der Waals surface area contributed by atoms with E-state index >= 15 is 0 Å². The molecule has 0 saturated heterocycles. The van der Waals surface area contributed by atoms with E-state index in [9.17, 15) is 4.79 Å². The van der Waals surface area contributed by atoms with Crippen molar-refractivity contribution in [1.82, 2.24) is 0 Å². The fourth-order valence-corrected chi connectivity index (χ4v) is 1.71. The first-order valence-electron chi connectivity index (χ1n) is 3.19. The van der Waals surface area contributed by atoms with Gasteiger partial charge in [-0.25, -0.2) is 0 Å². The van der Waals surface area contributed by atoms with Crippen molar-refractivity contribution in [3.63, 3.8) is 0 Å². The summed E-state index contributed by atoms with van der Waals surface area (Å²) < 4.78 is 0.846. The summed E-state index contributed by atoms with van der Waals surface area (Å²) >= 11 is 14.4. The third-order valence-corrected chi connectivity index (χ3v) is 2.40. The maximum absolute atomic E-state index is 11.1. The van der Waals surface area contributed by atoms with Crippen LogP contribution in [0.4, 0.5) is 0 Å². The topological polar surface area (TPSA) is 17.1 Å². The Morgan fingerprint density at radius 3 is 2.67 bits per heavy atom. The van der Waals surface area contributed by atoms with E-state index in [1.165, 1.54) is 0 Å². The molecule has 12 heavy (non-hydrogen) atoms. The summed E-state index contributed by atoms with van der Waals surface area (Å²) in [4.78, 5) is 11.1. The van der Waals surface area contributed by atoms with Crippen LogP contribution in [0.15, 0.2) is 22.7 Å². The second kappa shape index (κ2) is 4.26. The molecule has 0 N–H and O–H groups in total. The summed E-state index contributed by atoms with van der Waals surface area (Å²) in [7, 11) is 0. The molecule has 0 aromatic heterocycles. The summed E-state index contributed by atoms with van der Waals surface area (Å²) in [6.45, 7) is 0. The van der Waals surface area contributed by atoms with E-state index in [0.29, 0.717) is 10.6 Å². The van der Waals surface area contributed by atoms with Gasteiger partial charge in [0.2, 0.25) is 0 Å². The van der Waals surface area contributed by atoms with E-state index in [2.05, 4.69) is 15.9 Å². The summed E-state index contributed by atoms with van der Waals surface area (Å²) in [5.41, 5.74) is 0.467. The lowest BCUT2D eigenvalue weighted by atomic mass is 10.1. The summed E-state index contributed by atoms with van der Waals surface area (Å²) in [5.74, 6) is -0.199. The number of alkyl halides is 1. The molecule has 1 aromatic rings. The highest BCUT2D eigenvalue weighted by atomic mass is 79.9. The molecule has 0 atom stereocenters. The van der Waals surface area contributed by atoms with Gasteiger partial charge in [0, 0.05) is 10.0 Å². The highest BCUT2D eigenvalue weighted by Crippen LogP contribution is 2.21. The van der Waals surface area contributed by atoms with Crippen LogP contribution in [0.25, 0.3) is 0 Å². The zero-order valence-corrected chi connectivity index (χ0v) is 9.08. The molecule has 0 aliphatic rings. The molecule has 0 spiro atoms. The minimum Gasteiger partial charge on any atom is -0.293 e. The van der Waals surface area contributed by atoms with Gasteiger partial charge in [0.25, 0.3) is 0 Å². The Balaban J connectivity index is 3.09. The maximum atomic E-state index is 11.1. The second-order valence-corrected chi connectivity index (χ2v) is 3.77. The van der Waals surface area contributed by atoms with Crippen LogP contribution in [0.3, 0.4) is 0 Å². The first-order valence-corrected chi connectivity index (χ1v) is 4.90. The molecule has 0 fully saturated rings. The van der Waals surface area contributed by atoms with Gasteiger partial charge in [-0.2, -0.15) is 0 Å². The van der Waals surface area contributed by atoms with Gasteiger partial charge in [-0.15, -0.1) is 11.6 Å². The molecular formula is C8H5BrCl2O. The van der Waals surface area contributed by atoms with E-state index in [4.69, 9.17) is 23.2 Å². The largest absolute Gasteiger partial charge is 0.293 e. The Morgan fingerprint density at radius 2 is 2.17 bits per heavy atom. The molecule has 1 rings (SSSR count). The van der Waals surface area contributed by atoms with Crippen LogP contribution >= 0.6 is 39.1 Å². The SMILES string of the molecule is O=C(CCl)c1ccc(Br)cc1Cl. The molecule has 0 heterocycles. The van der Waals surface area contributed by atoms with E-state index in [1.807, 2.05) is 0 Å². The quantitative estimate of drug-likeness (QED) is 0.592. The van der Waals surface area contributed by atoms with Crippen molar-refractivity contribution < 1.29 is 4.79 Å². The zero-order valence-electron chi connectivity index (χ0n) is 5.98. The Morgan fingerprint density at radius 1 is 1.50 bits per heavy atom. The molecular weight excluding hydrogens is 263 g/mol. The van der Waals surface area contributed by atoms with Crippen molar-refractivity contribution in [3.05, 3.63) is 33.3 Å². The average molecular weight is 268 g/mol. The standard InChI is InChI=1S/C8H5BrCl2O/c9-5-1-2-6(7(11)3-5)8(12)4-10/h1-3H,4H2. The number of hydrogen-bond acceptors (Lipinski definition) is 1. The van der Waals surface area contributed by atoms with Crippen molar-refractivity contribution in [2.75, 3.05) is 5.88 Å². The zero-order chi connectivity index (χ0) is 9.14. The Hall–Kier alpha value is -0.0500. The molecule has 4 heteroatoms. The Bertz CT molecular complexity index is 312. The van der Waals surface area contributed by atoms with E-state index < -0.39 is 0 Å². The highest BCUT2D eigenvalue weighted by Gasteiger charge is 2.08. The second-order valence-electron chi connectivity index (χ2n) is 2.18. The van der Waals surface area contributed by atoms with Crippen molar-refractivity contribution in [2.24, 2.45) is 0 Å². The van der Waals surface area contributed by atoms with Gasteiger partial charge in [-0.3, -0.25) is 4.79 Å². The van der Waals surface area contributed by atoms with Crippen LogP contribution < -0.4 is 0 Å². The van der Waals surface area contributed by atoms with Crippen LogP contribution in [0.1, 0.15) is 10.4 Å². The Kier molecular flexibility index (Phi) is 3.56. The number of rotatable bonds is 2. The van der Waals surface area contributed by atoms with E-state index in [1.54, 1.807) is 18.2 Å². The van der Waals surface area contributed by atoms with Gasteiger partial charge in [0.05, 0.1) is 10.9 Å². The molecule has 0 aliphatic carbocycles. The van der Waals surface area contributed by atoms with Gasteiger partial charge >= 0.3 is 0 Å². The number of ketones is 1. The molecule has 64 valence electrons. The smallest absolute Gasteiger partial charge is 0.179 e. The first-order chi connectivity index (χ1) is 5.65. The fraction of sp³-hybridized carbons (Fsp3) is 0.125. The third-order valence-electron chi connectivity index (χ3n) is 1.35. The van der Waals surface area contributed by atoms with Crippen LogP contribution in [0.5, 0.6) is 0 Å². The molecule has 1 nitrogen and oxygen atoms in total. The lowest BCUT2D eigenvalue weighted by Crippen LogP contribution is -2.00. The lowest BCUT2D eigenvalue weighted by molar-refractivity contribution is 0.102. The molecule has 1 aromatic carbocycles. The van der Waals surface area contributed by atoms with Crippen LogP contribution in [0.2, 0.25) is 5.02 Å². The van der Waals surface area contributed by atoms with Crippen molar-refractivity contribution in [3.8, 4) is 0 Å². The number of carbonyl (C=O) groups excluding carboxylic acids is 1. The van der Waals surface area contributed by atoms with E-state index in [0.717, 1.165) is 4.47 Å². The minimum absolute atomic E-state index is 0.0403. The van der Waals surface area contributed by atoms with Crippen LogP contribution in [-0.2, 0) is 0 Å². The maximum Gasteiger partial charge on any atom is 0.179 e. The molecule has 0 radical (unpaired) electrons. The predicted octanol–water partition coefficient (Wildman–Crippen LogP) is 3.52. The lowest BCUT2D eigenvalue weighted by Gasteiger charge is -2.00. The van der Waals surface area contributed by atoms with Crippen molar-refractivity contribution in [2.45, 2.75) is 0 Å². The number of halogens is 3. The summed E-state index contributed by atoms with van der Waals surface area (Å²) in [5, 5.41) is 0.426. The fourth-order valence-electron chi connectivity index (χ4n) is 0.788. The molecule has 0 bridgehead atoms. The molecule has 0 amide bonds. The molecule has 0 unspecified atom stereocenters. The van der Waals surface area contributed by atoms with Gasteiger partial charge in [-0.1, -0.05) is 27.5 Å². The number of hydrogen-bond donors (Lipinski definition) is 0. The van der Waals surface area contributed by atoms with Crippen LogP contribution in [-0.4, -0.2) is 11.7 Å². The van der Waals surface area contributed by atoms with Crippen LogP contribution in [0, 0.1) is 0 Å². The average Bonchev–Trinajstić information content (AvgIpc) is 2.03. The van der Waals surface area contributed by atoms with Crippen molar-refractivity contribution >= 4 is 44.9 Å². The van der Waals surface area contributed by atoms with Crippen molar-refractivity contribution in [1.29, 1.82) is 0 Å². The molecule has 0 saturated carbocycles. The number of Topliss-reactive ketones (excluding diaryl/α,β-unsaturated/α-hetero) is 1. The summed E-state index contributed by atoms with van der Waals surface area (Å²) in [6, 6.07) is 5.07. The van der Waals surface area contributed by atoms with E-state index in [-0.39, 0.29) is 11.7 Å². The monoisotopic (exact) mass is 266 g/mol. The normalized spacial score (nSPS) is 9.92. The minimum atomic E-state index is -0.158. The van der Waals surface area contributed by atoms with Gasteiger partial charge in [-0.05, 0) is 18.2 Å². The summed E-state index contributed by atoms with van der Waals surface area (Å²) in [6.07, 6.45) is 0. The Labute approximate surface area is 88.8 Å². The van der Waals surface area contributed by atoms with Gasteiger partial charge in [0.15, 0.2) is 5.78 Å². The van der Waals surface area contributed by atoms with Gasteiger partial charge < -0.3 is 0 Å².